The molecule has 33 heavy (non-hydrogen) atoms. The van der Waals surface area contributed by atoms with Crippen LogP contribution in [0, 0.1) is 6.92 Å². The molecule has 1 unspecified atom stereocenters. The lowest BCUT2D eigenvalue weighted by atomic mass is 10.2. The molecule has 9 nitrogen and oxygen atoms in total. The minimum Gasteiger partial charge on any atom is -0.481 e. The van der Waals surface area contributed by atoms with E-state index in [0.29, 0.717) is 44.2 Å². The van der Waals surface area contributed by atoms with E-state index in [0.717, 1.165) is 12.0 Å². The molecule has 1 fully saturated rings. The number of piperazine rings is 1. The van der Waals surface area contributed by atoms with Crippen LogP contribution in [0.15, 0.2) is 47.2 Å². The quantitative estimate of drug-likeness (QED) is 0.548. The summed E-state index contributed by atoms with van der Waals surface area (Å²) in [5, 5.41) is 8.14. The highest BCUT2D eigenvalue weighted by atomic mass is 16.5. The van der Waals surface area contributed by atoms with E-state index in [1.54, 1.807) is 33.7 Å². The molecule has 9 heteroatoms. The first-order chi connectivity index (χ1) is 15.9. The van der Waals surface area contributed by atoms with E-state index >= 15 is 0 Å². The van der Waals surface area contributed by atoms with Crippen molar-refractivity contribution in [2.75, 3.05) is 26.2 Å². The molecule has 0 N–H and O–H groups in total. The van der Waals surface area contributed by atoms with Crippen LogP contribution in [0.1, 0.15) is 41.2 Å². The minimum atomic E-state index is -0.594. The third-order valence-electron chi connectivity index (χ3n) is 5.73. The van der Waals surface area contributed by atoms with Crippen LogP contribution in [-0.4, -0.2) is 68.8 Å². The van der Waals surface area contributed by atoms with Crippen molar-refractivity contribution < 1.29 is 18.8 Å². The number of hydrogen-bond acceptors (Lipinski definition) is 6. The molecule has 1 aliphatic rings. The second-order valence-corrected chi connectivity index (χ2v) is 8.27. The van der Waals surface area contributed by atoms with Crippen LogP contribution in [0.4, 0.5) is 0 Å². The summed E-state index contributed by atoms with van der Waals surface area (Å²) in [5.74, 6) is 0.955. The number of rotatable bonds is 7. The highest BCUT2D eigenvalue weighted by Gasteiger charge is 2.29. The van der Waals surface area contributed by atoms with Gasteiger partial charge in [-0.1, -0.05) is 24.2 Å². The molecule has 1 aliphatic heterocycles. The molecule has 0 aliphatic carbocycles. The first-order valence-electron chi connectivity index (χ1n) is 11.2. The summed E-state index contributed by atoms with van der Waals surface area (Å²) in [5.41, 5.74) is 2.53. The molecule has 0 bridgehead atoms. The number of carbonyl (C=O) groups is 2. The van der Waals surface area contributed by atoms with Gasteiger partial charge < -0.3 is 19.1 Å². The number of ether oxygens (including phenoxy) is 1. The Morgan fingerprint density at radius 1 is 1.12 bits per heavy atom. The lowest BCUT2D eigenvalue weighted by Gasteiger charge is -2.35. The zero-order chi connectivity index (χ0) is 23.4. The van der Waals surface area contributed by atoms with Crippen molar-refractivity contribution in [3.8, 4) is 5.75 Å². The first kappa shape index (κ1) is 22.6. The van der Waals surface area contributed by atoms with Crippen molar-refractivity contribution in [3.05, 3.63) is 65.3 Å². The fourth-order valence-electron chi connectivity index (χ4n) is 3.81. The van der Waals surface area contributed by atoms with Crippen LogP contribution in [0.25, 0.3) is 0 Å². The van der Waals surface area contributed by atoms with E-state index in [4.69, 9.17) is 9.26 Å². The lowest BCUT2D eigenvalue weighted by Crippen LogP contribution is -2.53. The SMILES string of the molecule is CCc1ccc(OC(C)C(=O)N2CCN(C(=O)c3cc(Cn4cc(C)cn4)on3)CC2)cc1. The van der Waals surface area contributed by atoms with Gasteiger partial charge in [0.15, 0.2) is 17.6 Å². The van der Waals surface area contributed by atoms with Crippen molar-refractivity contribution in [2.24, 2.45) is 0 Å². The van der Waals surface area contributed by atoms with Gasteiger partial charge >= 0.3 is 0 Å². The summed E-state index contributed by atoms with van der Waals surface area (Å²) in [6, 6.07) is 9.43. The van der Waals surface area contributed by atoms with Crippen LogP contribution < -0.4 is 4.74 Å². The highest BCUT2D eigenvalue weighted by molar-refractivity contribution is 5.92. The average molecular weight is 452 g/mol. The third-order valence-corrected chi connectivity index (χ3v) is 5.73. The summed E-state index contributed by atoms with van der Waals surface area (Å²) < 4.78 is 12.9. The monoisotopic (exact) mass is 451 g/mol. The van der Waals surface area contributed by atoms with E-state index in [1.165, 1.54) is 5.56 Å². The largest absolute Gasteiger partial charge is 0.481 e. The molecule has 1 aromatic carbocycles. The maximum atomic E-state index is 12.8. The fourth-order valence-corrected chi connectivity index (χ4v) is 3.81. The summed E-state index contributed by atoms with van der Waals surface area (Å²) >= 11 is 0. The van der Waals surface area contributed by atoms with Crippen molar-refractivity contribution in [1.82, 2.24) is 24.7 Å². The van der Waals surface area contributed by atoms with Gasteiger partial charge in [-0.05, 0) is 43.5 Å². The summed E-state index contributed by atoms with van der Waals surface area (Å²) in [7, 11) is 0. The smallest absolute Gasteiger partial charge is 0.276 e. The van der Waals surface area contributed by atoms with Crippen LogP contribution in [0.3, 0.4) is 0 Å². The van der Waals surface area contributed by atoms with Gasteiger partial charge in [-0.2, -0.15) is 5.10 Å². The summed E-state index contributed by atoms with van der Waals surface area (Å²) in [6.07, 6.45) is 4.02. The van der Waals surface area contributed by atoms with Crippen LogP contribution in [-0.2, 0) is 17.8 Å². The van der Waals surface area contributed by atoms with E-state index in [-0.39, 0.29) is 17.5 Å². The molecule has 2 amide bonds. The predicted octanol–water partition coefficient (Wildman–Crippen LogP) is 2.54. The van der Waals surface area contributed by atoms with Gasteiger partial charge in [0.1, 0.15) is 12.3 Å². The second kappa shape index (κ2) is 9.89. The van der Waals surface area contributed by atoms with Crippen molar-refractivity contribution in [3.63, 3.8) is 0 Å². The topological polar surface area (TPSA) is 93.7 Å². The molecule has 3 aromatic rings. The normalized spacial score (nSPS) is 14.9. The van der Waals surface area contributed by atoms with Gasteiger partial charge in [-0.25, -0.2) is 0 Å². The molecule has 174 valence electrons. The number of carbonyl (C=O) groups excluding carboxylic acids is 2. The Bertz CT molecular complexity index is 1100. The fraction of sp³-hybridized carbons (Fsp3) is 0.417. The second-order valence-electron chi connectivity index (χ2n) is 8.27. The van der Waals surface area contributed by atoms with Crippen molar-refractivity contribution >= 4 is 11.8 Å². The Balaban J connectivity index is 1.28. The highest BCUT2D eigenvalue weighted by Crippen LogP contribution is 2.16. The molecule has 0 radical (unpaired) electrons. The first-order valence-corrected chi connectivity index (χ1v) is 11.2. The zero-order valence-electron chi connectivity index (χ0n) is 19.2. The zero-order valence-corrected chi connectivity index (χ0v) is 19.2. The Labute approximate surface area is 192 Å². The van der Waals surface area contributed by atoms with Gasteiger partial charge in [-0.3, -0.25) is 14.3 Å². The Morgan fingerprint density at radius 3 is 2.45 bits per heavy atom. The predicted molar refractivity (Wildman–Crippen MR) is 121 cm³/mol. The van der Waals surface area contributed by atoms with Crippen LogP contribution in [0.5, 0.6) is 5.75 Å². The molecule has 0 spiro atoms. The van der Waals surface area contributed by atoms with Gasteiger partial charge in [-0.15, -0.1) is 0 Å². The number of aryl methyl sites for hydroxylation is 2. The van der Waals surface area contributed by atoms with Gasteiger partial charge in [0.2, 0.25) is 0 Å². The lowest BCUT2D eigenvalue weighted by molar-refractivity contribution is -0.139. The molecule has 0 saturated carbocycles. The third kappa shape index (κ3) is 5.42. The molecule has 1 saturated heterocycles. The number of aromatic nitrogens is 3. The Hall–Kier alpha value is -3.62. The number of nitrogens with zero attached hydrogens (tertiary/aromatic N) is 5. The standard InChI is InChI=1S/C24H29N5O4/c1-4-19-5-7-20(8-6-19)32-18(3)23(30)27-9-11-28(12-10-27)24(31)22-13-21(33-26-22)16-29-15-17(2)14-25-29/h5-8,13-15,18H,4,9-12,16H2,1-3H3. The van der Waals surface area contributed by atoms with Crippen LogP contribution >= 0.6 is 0 Å². The molecule has 1 atom stereocenters. The molecule has 4 rings (SSSR count). The van der Waals surface area contributed by atoms with E-state index in [2.05, 4.69) is 17.2 Å². The van der Waals surface area contributed by atoms with Gasteiger partial charge in [0.25, 0.3) is 11.8 Å². The van der Waals surface area contributed by atoms with E-state index < -0.39 is 6.10 Å². The van der Waals surface area contributed by atoms with E-state index in [9.17, 15) is 9.59 Å². The molecule has 2 aromatic heterocycles. The number of hydrogen-bond donors (Lipinski definition) is 0. The summed E-state index contributed by atoms with van der Waals surface area (Å²) in [4.78, 5) is 29.1. The number of benzene rings is 1. The molecular weight excluding hydrogens is 422 g/mol. The molecule has 3 heterocycles. The number of amides is 2. The minimum absolute atomic E-state index is 0.0834. The van der Waals surface area contributed by atoms with Gasteiger partial charge in [0.05, 0.1) is 6.20 Å². The Kier molecular flexibility index (Phi) is 6.76. The maximum Gasteiger partial charge on any atom is 0.276 e. The van der Waals surface area contributed by atoms with Crippen molar-refractivity contribution in [2.45, 2.75) is 39.8 Å². The average Bonchev–Trinajstić information content (AvgIpc) is 3.47. The van der Waals surface area contributed by atoms with E-state index in [1.807, 2.05) is 37.4 Å². The summed E-state index contributed by atoms with van der Waals surface area (Å²) in [6.45, 7) is 7.98. The van der Waals surface area contributed by atoms with Crippen molar-refractivity contribution in [1.29, 1.82) is 0 Å². The molecular formula is C24H29N5O4. The maximum absolute atomic E-state index is 12.8. The van der Waals surface area contributed by atoms with Crippen LogP contribution in [0.2, 0.25) is 0 Å². The Morgan fingerprint density at radius 2 is 1.82 bits per heavy atom. The van der Waals surface area contributed by atoms with Gasteiger partial charge in [0, 0.05) is 38.4 Å².